The first kappa shape index (κ1) is 26.7. The summed E-state index contributed by atoms with van der Waals surface area (Å²) < 4.78 is 22.1. The van der Waals surface area contributed by atoms with E-state index in [4.69, 9.17) is 4.52 Å². The van der Waals surface area contributed by atoms with Crippen LogP contribution < -0.4 is 5.09 Å². The van der Waals surface area contributed by atoms with Gasteiger partial charge >= 0.3 is 13.6 Å². The van der Waals surface area contributed by atoms with Gasteiger partial charge < -0.3 is 10.1 Å². The zero-order chi connectivity index (χ0) is 21.0. The number of rotatable bonds is 11. The number of hydrogen-bond donors (Lipinski definition) is 1. The van der Waals surface area contributed by atoms with Gasteiger partial charge in [0.1, 0.15) is 18.5 Å². The topological polar surface area (TPSA) is 103 Å². The fraction of sp³-hybridized carbons (Fsp3) is 0.800. The quantitative estimate of drug-likeness (QED) is 0.193. The second-order valence-electron chi connectivity index (χ2n) is 5.91. The van der Waals surface area contributed by atoms with Crippen molar-refractivity contribution in [2.24, 2.45) is 7.05 Å². The molecule has 1 rings (SSSR count). The van der Waals surface area contributed by atoms with Crippen molar-refractivity contribution in [1.82, 2.24) is 19.3 Å². The van der Waals surface area contributed by atoms with E-state index in [1.165, 1.54) is 24.2 Å². The van der Waals surface area contributed by atoms with E-state index in [9.17, 15) is 14.7 Å². The first-order valence-corrected chi connectivity index (χ1v) is 12.5. The van der Waals surface area contributed by atoms with Crippen LogP contribution >= 0.6 is 39.5 Å². The Hall–Kier alpha value is -0.320. The summed E-state index contributed by atoms with van der Waals surface area (Å²) in [6.07, 6.45) is 2.61. The molecule has 27 heavy (non-hydrogen) atoms. The van der Waals surface area contributed by atoms with E-state index in [1.54, 1.807) is 4.67 Å². The number of hydrogen-bond acceptors (Lipinski definition) is 5. The average molecular weight is 535 g/mol. The van der Waals surface area contributed by atoms with E-state index in [0.29, 0.717) is 29.4 Å². The molecule has 1 heterocycles. The molecule has 0 amide bonds. The average Bonchev–Trinajstić information content (AvgIpc) is 2.97. The van der Waals surface area contributed by atoms with Crippen LogP contribution in [0.15, 0.2) is 6.20 Å². The lowest BCUT2D eigenvalue weighted by molar-refractivity contribution is -0.396. The van der Waals surface area contributed by atoms with Gasteiger partial charge in [0.15, 0.2) is 0 Å². The Labute approximate surface area is 178 Å². The second-order valence-corrected chi connectivity index (χ2v) is 9.62. The lowest BCUT2D eigenvalue weighted by Crippen LogP contribution is -2.36. The SMILES string of the molecule is CC(C)N(CCBr)P(=O)(NCCBr)OCc1cnc([N+](=O)[O-])n1C.CCC. The van der Waals surface area contributed by atoms with Crippen molar-refractivity contribution in [2.45, 2.75) is 46.8 Å². The molecule has 0 aliphatic heterocycles. The van der Waals surface area contributed by atoms with Crippen LogP contribution in [0, 0.1) is 10.1 Å². The summed E-state index contributed by atoms with van der Waals surface area (Å²) >= 11 is 6.66. The maximum atomic E-state index is 13.3. The lowest BCUT2D eigenvalue weighted by Gasteiger charge is -2.33. The van der Waals surface area contributed by atoms with E-state index in [-0.39, 0.29) is 18.6 Å². The molecule has 0 saturated carbocycles. The Bertz CT molecular complexity index is 615. The molecule has 0 aliphatic rings. The van der Waals surface area contributed by atoms with Crippen LogP contribution in [0.25, 0.3) is 0 Å². The van der Waals surface area contributed by atoms with Crippen molar-refractivity contribution in [3.8, 4) is 0 Å². The number of nitrogens with zero attached hydrogens (tertiary/aromatic N) is 4. The number of aromatic nitrogens is 2. The minimum atomic E-state index is -3.31. The summed E-state index contributed by atoms with van der Waals surface area (Å²) in [5, 5.41) is 15.1. The highest BCUT2D eigenvalue weighted by atomic mass is 79.9. The third kappa shape index (κ3) is 8.70. The van der Waals surface area contributed by atoms with Gasteiger partial charge in [0, 0.05) is 29.8 Å². The smallest absolute Gasteiger partial charge is 0.390 e. The highest BCUT2D eigenvalue weighted by Gasteiger charge is 2.34. The number of nitro groups is 1. The van der Waals surface area contributed by atoms with Gasteiger partial charge in [-0.3, -0.25) is 9.09 Å². The van der Waals surface area contributed by atoms with Crippen LogP contribution in [0.3, 0.4) is 0 Å². The molecule has 12 heteroatoms. The normalized spacial score (nSPS) is 13.4. The Morgan fingerprint density at radius 1 is 1.41 bits per heavy atom. The standard InChI is InChI=1S/C12H22Br2N5O4P.C3H8/c1-10(2)18(7-5-14)24(22,16-6-4-13)23-9-11-8-15-12(17(11)3)19(20)21;1-3-2/h8,10H,4-7,9H2,1-3H3,(H,16,22);3H2,1-2H3. The van der Waals surface area contributed by atoms with Gasteiger partial charge in [0.25, 0.3) is 0 Å². The van der Waals surface area contributed by atoms with Crippen molar-refractivity contribution < 1.29 is 14.0 Å². The van der Waals surface area contributed by atoms with E-state index < -0.39 is 12.6 Å². The van der Waals surface area contributed by atoms with Crippen molar-refractivity contribution in [1.29, 1.82) is 0 Å². The molecule has 1 aromatic rings. The predicted molar refractivity (Wildman–Crippen MR) is 116 cm³/mol. The van der Waals surface area contributed by atoms with E-state index in [1.807, 2.05) is 13.8 Å². The Morgan fingerprint density at radius 3 is 2.41 bits per heavy atom. The molecule has 1 aromatic heterocycles. The molecule has 0 aliphatic carbocycles. The maximum absolute atomic E-state index is 13.3. The van der Waals surface area contributed by atoms with E-state index in [2.05, 4.69) is 55.8 Å². The van der Waals surface area contributed by atoms with Gasteiger partial charge in [0.2, 0.25) is 0 Å². The zero-order valence-electron chi connectivity index (χ0n) is 16.5. The Balaban J connectivity index is 0.00000210. The molecule has 0 aromatic carbocycles. The third-order valence-corrected chi connectivity index (χ3v) is 6.46. The highest BCUT2D eigenvalue weighted by molar-refractivity contribution is 9.09. The summed E-state index contributed by atoms with van der Waals surface area (Å²) in [6, 6.07) is -0.00270. The van der Waals surface area contributed by atoms with Gasteiger partial charge in [-0.15, -0.1) is 0 Å². The first-order chi connectivity index (χ1) is 12.7. The van der Waals surface area contributed by atoms with Crippen molar-refractivity contribution in [3.63, 3.8) is 0 Å². The van der Waals surface area contributed by atoms with Crippen LogP contribution in [-0.2, 0) is 22.7 Å². The third-order valence-electron chi connectivity index (χ3n) is 3.26. The van der Waals surface area contributed by atoms with Crippen LogP contribution in [0.1, 0.15) is 39.8 Å². The summed E-state index contributed by atoms with van der Waals surface area (Å²) in [5.41, 5.74) is 0.477. The maximum Gasteiger partial charge on any atom is 0.434 e. The van der Waals surface area contributed by atoms with Crippen LogP contribution in [-0.4, -0.2) is 48.9 Å². The van der Waals surface area contributed by atoms with Crippen LogP contribution in [0.4, 0.5) is 5.95 Å². The van der Waals surface area contributed by atoms with Crippen molar-refractivity contribution >= 4 is 45.5 Å². The predicted octanol–water partition coefficient (Wildman–Crippen LogP) is 4.46. The summed E-state index contributed by atoms with van der Waals surface area (Å²) in [4.78, 5) is 14.0. The van der Waals surface area contributed by atoms with E-state index in [0.717, 1.165) is 0 Å². The highest BCUT2D eigenvalue weighted by Crippen LogP contribution is 2.48. The molecule has 0 radical (unpaired) electrons. The molecule has 0 spiro atoms. The summed E-state index contributed by atoms with van der Waals surface area (Å²) in [5.74, 6) is -0.280. The molecule has 9 nitrogen and oxygen atoms in total. The molecule has 1 N–H and O–H groups in total. The second kappa shape index (κ2) is 13.8. The fourth-order valence-electron chi connectivity index (χ4n) is 2.07. The van der Waals surface area contributed by atoms with Gasteiger partial charge in [-0.1, -0.05) is 57.1 Å². The molecule has 0 bridgehead atoms. The Kier molecular flexibility index (Phi) is 13.6. The van der Waals surface area contributed by atoms with Gasteiger partial charge in [0.05, 0.1) is 7.05 Å². The molecular weight excluding hydrogens is 505 g/mol. The van der Waals surface area contributed by atoms with Crippen molar-refractivity contribution in [3.05, 3.63) is 22.0 Å². The number of alkyl halides is 2. The lowest BCUT2D eigenvalue weighted by atomic mass is 10.4. The number of imidazole rings is 1. The minimum absolute atomic E-state index is 0.00270. The van der Waals surface area contributed by atoms with Gasteiger partial charge in [-0.25, -0.2) is 14.3 Å². The molecular formula is C15H30Br2N5O4P. The zero-order valence-corrected chi connectivity index (χ0v) is 20.6. The van der Waals surface area contributed by atoms with Crippen LogP contribution in [0.2, 0.25) is 0 Å². The van der Waals surface area contributed by atoms with Gasteiger partial charge in [-0.2, -0.15) is 0 Å². The molecule has 158 valence electrons. The molecule has 0 fully saturated rings. The molecule has 0 saturated heterocycles. The monoisotopic (exact) mass is 533 g/mol. The number of halogens is 2. The first-order valence-electron chi connectivity index (χ1n) is 8.72. The van der Waals surface area contributed by atoms with E-state index >= 15 is 0 Å². The van der Waals surface area contributed by atoms with Crippen LogP contribution in [0.5, 0.6) is 0 Å². The largest absolute Gasteiger partial charge is 0.434 e. The fourth-order valence-corrected chi connectivity index (χ4v) is 5.32. The molecule has 1 unspecified atom stereocenters. The molecule has 1 atom stereocenters. The van der Waals surface area contributed by atoms with Gasteiger partial charge in [-0.05, 0) is 18.8 Å². The summed E-state index contributed by atoms with van der Waals surface area (Å²) in [7, 11) is -1.78. The Morgan fingerprint density at radius 2 is 2.00 bits per heavy atom. The number of nitrogens with one attached hydrogen (secondary N) is 1. The van der Waals surface area contributed by atoms with Crippen molar-refractivity contribution in [2.75, 3.05) is 23.7 Å². The minimum Gasteiger partial charge on any atom is -0.390 e. The summed E-state index contributed by atoms with van der Waals surface area (Å²) in [6.45, 7) is 9.08.